The molecule has 3 rings (SSSR count). The molecule has 0 bridgehead atoms. The van der Waals surface area contributed by atoms with Gasteiger partial charge in [0.15, 0.2) is 0 Å². The van der Waals surface area contributed by atoms with E-state index in [1.807, 2.05) is 38.1 Å². The van der Waals surface area contributed by atoms with E-state index in [9.17, 15) is 18.0 Å². The molecular formula is C28H38ClN3O4S. The summed E-state index contributed by atoms with van der Waals surface area (Å²) >= 11 is 6.27. The Morgan fingerprint density at radius 3 is 2.38 bits per heavy atom. The van der Waals surface area contributed by atoms with Crippen LogP contribution in [0.5, 0.6) is 0 Å². The van der Waals surface area contributed by atoms with Gasteiger partial charge < -0.3 is 10.2 Å². The zero-order valence-corrected chi connectivity index (χ0v) is 23.7. The Balaban J connectivity index is 1.94. The van der Waals surface area contributed by atoms with Crippen LogP contribution in [0.3, 0.4) is 0 Å². The molecule has 0 spiro atoms. The van der Waals surface area contributed by atoms with Crippen LogP contribution in [0.15, 0.2) is 42.5 Å². The number of hydrogen-bond donors (Lipinski definition) is 1. The van der Waals surface area contributed by atoms with E-state index in [1.54, 1.807) is 25.1 Å². The third kappa shape index (κ3) is 7.71. The molecule has 1 atom stereocenters. The summed E-state index contributed by atoms with van der Waals surface area (Å²) in [5.41, 5.74) is 2.83. The van der Waals surface area contributed by atoms with Crippen molar-refractivity contribution in [3.8, 4) is 0 Å². The number of amides is 2. The van der Waals surface area contributed by atoms with Gasteiger partial charge in [0.1, 0.15) is 12.6 Å². The topological polar surface area (TPSA) is 86.8 Å². The first kappa shape index (κ1) is 29.0. The Labute approximate surface area is 226 Å². The Morgan fingerprint density at radius 2 is 1.76 bits per heavy atom. The van der Waals surface area contributed by atoms with Crippen LogP contribution in [0.4, 0.5) is 5.69 Å². The lowest BCUT2D eigenvalue weighted by molar-refractivity contribution is -0.140. The third-order valence-corrected chi connectivity index (χ3v) is 8.50. The maximum absolute atomic E-state index is 13.9. The molecule has 1 fully saturated rings. The average molecular weight is 548 g/mol. The van der Waals surface area contributed by atoms with Gasteiger partial charge in [-0.15, -0.1) is 0 Å². The normalized spacial score (nSPS) is 15.2. The number of nitrogens with zero attached hydrogens (tertiary/aromatic N) is 2. The average Bonchev–Trinajstić information content (AvgIpc) is 2.84. The van der Waals surface area contributed by atoms with Crippen LogP contribution in [0.25, 0.3) is 0 Å². The minimum atomic E-state index is -3.81. The van der Waals surface area contributed by atoms with Gasteiger partial charge >= 0.3 is 0 Å². The number of rotatable bonds is 10. The van der Waals surface area contributed by atoms with E-state index in [2.05, 4.69) is 5.32 Å². The maximum Gasteiger partial charge on any atom is 0.244 e. The molecule has 0 radical (unpaired) electrons. The highest BCUT2D eigenvalue weighted by Gasteiger charge is 2.33. The van der Waals surface area contributed by atoms with Gasteiger partial charge in [0.2, 0.25) is 21.8 Å². The molecule has 202 valence electrons. The van der Waals surface area contributed by atoms with Crippen LogP contribution in [-0.4, -0.2) is 50.0 Å². The van der Waals surface area contributed by atoms with Gasteiger partial charge in [-0.05, 0) is 56.4 Å². The van der Waals surface area contributed by atoms with Crippen molar-refractivity contribution in [1.29, 1.82) is 0 Å². The molecule has 0 heterocycles. The molecule has 1 saturated carbocycles. The van der Waals surface area contributed by atoms with Gasteiger partial charge in [-0.1, -0.05) is 73.7 Å². The van der Waals surface area contributed by atoms with Crippen molar-refractivity contribution in [1.82, 2.24) is 10.2 Å². The van der Waals surface area contributed by atoms with Gasteiger partial charge in [0.25, 0.3) is 0 Å². The number of nitrogens with one attached hydrogen (secondary N) is 1. The van der Waals surface area contributed by atoms with E-state index in [0.717, 1.165) is 47.4 Å². The molecule has 2 aromatic carbocycles. The van der Waals surface area contributed by atoms with Crippen LogP contribution < -0.4 is 9.62 Å². The molecule has 0 saturated heterocycles. The van der Waals surface area contributed by atoms with Gasteiger partial charge in [-0.2, -0.15) is 0 Å². The first-order valence-corrected chi connectivity index (χ1v) is 15.1. The smallest absolute Gasteiger partial charge is 0.244 e. The Hall–Kier alpha value is -2.58. The lowest BCUT2D eigenvalue weighted by Crippen LogP contribution is -2.54. The van der Waals surface area contributed by atoms with Crippen molar-refractivity contribution in [2.75, 3.05) is 17.1 Å². The minimum Gasteiger partial charge on any atom is -0.352 e. The van der Waals surface area contributed by atoms with E-state index in [4.69, 9.17) is 11.6 Å². The fourth-order valence-corrected chi connectivity index (χ4v) is 6.00. The molecular weight excluding hydrogens is 510 g/mol. The molecule has 0 unspecified atom stereocenters. The fourth-order valence-electron chi connectivity index (χ4n) is 4.93. The highest BCUT2D eigenvalue weighted by atomic mass is 35.5. The Morgan fingerprint density at radius 1 is 1.08 bits per heavy atom. The van der Waals surface area contributed by atoms with Crippen molar-refractivity contribution in [2.45, 2.75) is 77.9 Å². The van der Waals surface area contributed by atoms with Crippen molar-refractivity contribution in [2.24, 2.45) is 0 Å². The first-order chi connectivity index (χ1) is 17.5. The molecule has 1 aliphatic carbocycles. The minimum absolute atomic E-state index is 0.104. The molecule has 0 aliphatic heterocycles. The monoisotopic (exact) mass is 547 g/mol. The second kappa shape index (κ2) is 12.8. The lowest BCUT2D eigenvalue weighted by atomic mass is 9.95. The molecule has 7 nitrogen and oxygen atoms in total. The standard InChI is InChI=1S/C28H38ClN3O4S/c1-5-25(28(34)30-23-13-7-6-8-14-23)31(18-22-12-9-11-20(2)17-22)27(33)19-32(37(4,35)36)26-16-10-15-24(29)21(26)3/h9-12,15-17,23,25H,5-8,13-14,18-19H2,1-4H3,(H,30,34)/t25-/m0/s1. The summed E-state index contributed by atoms with van der Waals surface area (Å²) in [6, 6.07) is 12.1. The summed E-state index contributed by atoms with van der Waals surface area (Å²) in [6.45, 7) is 5.33. The van der Waals surface area contributed by atoms with Gasteiger partial charge in [0, 0.05) is 17.6 Å². The zero-order chi connectivity index (χ0) is 27.2. The SMILES string of the molecule is CC[C@@H](C(=O)NC1CCCCC1)N(Cc1cccc(C)c1)C(=O)CN(c1cccc(Cl)c1C)S(C)(=O)=O. The number of aryl methyl sites for hydroxylation is 1. The van der Waals surface area contributed by atoms with E-state index < -0.39 is 28.5 Å². The van der Waals surface area contributed by atoms with Crippen LogP contribution in [-0.2, 0) is 26.2 Å². The van der Waals surface area contributed by atoms with Crippen molar-refractivity contribution in [3.63, 3.8) is 0 Å². The number of sulfonamides is 1. The Bertz CT molecular complexity index is 1210. The molecule has 0 aromatic heterocycles. The molecule has 37 heavy (non-hydrogen) atoms. The Kier molecular flexibility index (Phi) is 10.0. The number of anilines is 1. The maximum atomic E-state index is 13.9. The first-order valence-electron chi connectivity index (χ1n) is 12.9. The van der Waals surface area contributed by atoms with Crippen LogP contribution in [0.1, 0.15) is 62.1 Å². The number of carbonyl (C=O) groups is 2. The molecule has 1 aliphatic rings. The van der Waals surface area contributed by atoms with E-state index in [-0.39, 0.29) is 18.5 Å². The molecule has 2 aromatic rings. The second-order valence-electron chi connectivity index (χ2n) is 9.93. The van der Waals surface area contributed by atoms with E-state index in [1.165, 1.54) is 11.3 Å². The predicted molar refractivity (Wildman–Crippen MR) is 149 cm³/mol. The fraction of sp³-hybridized carbons (Fsp3) is 0.500. The number of carbonyl (C=O) groups excluding carboxylic acids is 2. The van der Waals surface area contributed by atoms with Crippen molar-refractivity contribution < 1.29 is 18.0 Å². The summed E-state index contributed by atoms with van der Waals surface area (Å²) in [5, 5.41) is 3.56. The van der Waals surface area contributed by atoms with Crippen molar-refractivity contribution in [3.05, 3.63) is 64.2 Å². The summed E-state index contributed by atoms with van der Waals surface area (Å²) in [4.78, 5) is 28.8. The quantitative estimate of drug-likeness (QED) is 0.454. The van der Waals surface area contributed by atoms with Crippen LogP contribution in [0, 0.1) is 13.8 Å². The van der Waals surface area contributed by atoms with E-state index >= 15 is 0 Å². The summed E-state index contributed by atoms with van der Waals surface area (Å²) < 4.78 is 26.7. The highest BCUT2D eigenvalue weighted by Crippen LogP contribution is 2.28. The van der Waals surface area contributed by atoms with Gasteiger partial charge in [0.05, 0.1) is 11.9 Å². The van der Waals surface area contributed by atoms with Gasteiger partial charge in [-0.3, -0.25) is 13.9 Å². The lowest BCUT2D eigenvalue weighted by Gasteiger charge is -2.34. The number of benzene rings is 2. The zero-order valence-electron chi connectivity index (χ0n) is 22.2. The molecule has 1 N–H and O–H groups in total. The van der Waals surface area contributed by atoms with Crippen LogP contribution >= 0.6 is 11.6 Å². The molecule has 2 amide bonds. The molecule has 9 heteroatoms. The predicted octanol–water partition coefficient (Wildman–Crippen LogP) is 4.98. The number of hydrogen-bond acceptors (Lipinski definition) is 4. The van der Waals surface area contributed by atoms with Crippen molar-refractivity contribution >= 4 is 39.1 Å². The summed E-state index contributed by atoms with van der Waals surface area (Å²) in [5.74, 6) is -0.641. The third-order valence-electron chi connectivity index (χ3n) is 6.96. The largest absolute Gasteiger partial charge is 0.352 e. The second-order valence-corrected chi connectivity index (χ2v) is 12.2. The summed E-state index contributed by atoms with van der Waals surface area (Å²) in [7, 11) is -3.81. The number of halogens is 1. The van der Waals surface area contributed by atoms with Gasteiger partial charge in [-0.25, -0.2) is 8.42 Å². The summed E-state index contributed by atoms with van der Waals surface area (Å²) in [6.07, 6.45) is 6.68. The van der Waals surface area contributed by atoms with Crippen LogP contribution in [0.2, 0.25) is 5.02 Å². The van der Waals surface area contributed by atoms with E-state index in [0.29, 0.717) is 22.7 Å². The highest BCUT2D eigenvalue weighted by molar-refractivity contribution is 7.92.